The molecule has 1 fully saturated rings. The van der Waals surface area contributed by atoms with Crippen LogP contribution in [0.1, 0.15) is 59.3 Å². The van der Waals surface area contributed by atoms with Crippen LogP contribution in [0.4, 0.5) is 4.79 Å². The van der Waals surface area contributed by atoms with Crippen LogP contribution in [0.25, 0.3) is 0 Å². The lowest BCUT2D eigenvalue weighted by atomic mass is 10.0. The van der Waals surface area contributed by atoms with Gasteiger partial charge in [0.2, 0.25) is 0 Å². The number of likely N-dealkylation sites (tertiary alicyclic amines) is 1. The fraction of sp³-hybridized carbons (Fsp3) is 0.938. The molecular formula is C16H33N3O. The zero-order valence-electron chi connectivity index (χ0n) is 13.6. The predicted molar refractivity (Wildman–Crippen MR) is 85.0 cm³/mol. The van der Waals surface area contributed by atoms with E-state index in [9.17, 15) is 4.79 Å². The summed E-state index contributed by atoms with van der Waals surface area (Å²) in [7, 11) is 0. The monoisotopic (exact) mass is 283 g/mol. The number of carbonyl (C=O) groups is 1. The molecule has 2 amide bonds. The lowest BCUT2D eigenvalue weighted by Crippen LogP contribution is -2.45. The van der Waals surface area contributed by atoms with Crippen molar-refractivity contribution in [2.24, 2.45) is 5.92 Å². The van der Waals surface area contributed by atoms with Gasteiger partial charge in [0.1, 0.15) is 0 Å². The van der Waals surface area contributed by atoms with Gasteiger partial charge in [0.05, 0.1) is 0 Å². The maximum atomic E-state index is 11.8. The van der Waals surface area contributed by atoms with E-state index in [-0.39, 0.29) is 12.1 Å². The van der Waals surface area contributed by atoms with Gasteiger partial charge in [-0.05, 0) is 38.6 Å². The van der Waals surface area contributed by atoms with Crippen molar-refractivity contribution in [1.29, 1.82) is 0 Å². The molecule has 0 spiro atoms. The zero-order chi connectivity index (χ0) is 14.8. The Hall–Kier alpha value is -0.770. The van der Waals surface area contributed by atoms with Gasteiger partial charge in [-0.1, -0.05) is 33.1 Å². The maximum Gasteiger partial charge on any atom is 0.315 e. The Balaban J connectivity index is 2.04. The molecule has 4 nitrogen and oxygen atoms in total. The van der Waals surface area contributed by atoms with Crippen LogP contribution in [0, 0.1) is 5.92 Å². The Morgan fingerprint density at radius 3 is 2.90 bits per heavy atom. The topological polar surface area (TPSA) is 44.4 Å². The average Bonchev–Trinajstić information content (AvgIpc) is 2.39. The quantitative estimate of drug-likeness (QED) is 0.673. The number of unbranched alkanes of at least 4 members (excludes halogenated alkanes) is 2. The molecule has 1 aliphatic heterocycles. The van der Waals surface area contributed by atoms with Crippen LogP contribution < -0.4 is 10.6 Å². The number of amides is 2. The summed E-state index contributed by atoms with van der Waals surface area (Å²) in [5.41, 5.74) is 0. The van der Waals surface area contributed by atoms with Gasteiger partial charge in [-0.3, -0.25) is 0 Å². The van der Waals surface area contributed by atoms with Crippen LogP contribution in [0.3, 0.4) is 0 Å². The predicted octanol–water partition coefficient (Wildman–Crippen LogP) is 2.99. The number of carbonyl (C=O) groups excluding carboxylic acids is 1. The Morgan fingerprint density at radius 1 is 1.40 bits per heavy atom. The van der Waals surface area contributed by atoms with Gasteiger partial charge in [-0.2, -0.15) is 0 Å². The second kappa shape index (κ2) is 10.0. The largest absolute Gasteiger partial charge is 0.337 e. The standard InChI is InChI=1S/C16H33N3O/c1-4-5-6-9-15(3)18-16(20)17-10-12-19-11-7-8-14(2)13-19/h14-15H,4-13H2,1-3H3,(H2,17,18,20). The van der Waals surface area contributed by atoms with Crippen LogP contribution in [0.15, 0.2) is 0 Å². The van der Waals surface area contributed by atoms with E-state index < -0.39 is 0 Å². The minimum absolute atomic E-state index is 0.0148. The third kappa shape index (κ3) is 7.73. The van der Waals surface area contributed by atoms with Crippen LogP contribution in [0.5, 0.6) is 0 Å². The molecule has 118 valence electrons. The number of hydrogen-bond acceptors (Lipinski definition) is 2. The summed E-state index contributed by atoms with van der Waals surface area (Å²) < 4.78 is 0. The van der Waals surface area contributed by atoms with Crippen LogP contribution in [-0.4, -0.2) is 43.2 Å². The normalized spacial score (nSPS) is 21.4. The van der Waals surface area contributed by atoms with E-state index in [1.54, 1.807) is 0 Å². The van der Waals surface area contributed by atoms with E-state index in [2.05, 4.69) is 36.3 Å². The fourth-order valence-corrected chi connectivity index (χ4v) is 2.86. The molecule has 2 N–H and O–H groups in total. The molecule has 0 aromatic heterocycles. The molecule has 2 atom stereocenters. The molecule has 20 heavy (non-hydrogen) atoms. The van der Waals surface area contributed by atoms with E-state index in [1.807, 2.05) is 0 Å². The Labute approximate surface area is 124 Å². The highest BCUT2D eigenvalue weighted by Gasteiger charge is 2.15. The fourth-order valence-electron chi connectivity index (χ4n) is 2.86. The molecule has 0 saturated carbocycles. The third-order valence-electron chi connectivity index (χ3n) is 4.07. The van der Waals surface area contributed by atoms with Crippen molar-refractivity contribution in [3.63, 3.8) is 0 Å². The molecule has 0 aliphatic carbocycles. The Bertz CT molecular complexity index is 270. The first-order valence-corrected chi connectivity index (χ1v) is 8.38. The zero-order valence-corrected chi connectivity index (χ0v) is 13.6. The second-order valence-electron chi connectivity index (χ2n) is 6.35. The minimum Gasteiger partial charge on any atom is -0.337 e. The van der Waals surface area contributed by atoms with Crippen LogP contribution in [-0.2, 0) is 0 Å². The van der Waals surface area contributed by atoms with E-state index in [4.69, 9.17) is 0 Å². The highest BCUT2D eigenvalue weighted by atomic mass is 16.2. The van der Waals surface area contributed by atoms with Gasteiger partial charge in [0.15, 0.2) is 0 Å². The molecule has 2 unspecified atom stereocenters. The van der Waals surface area contributed by atoms with Crippen LogP contribution >= 0.6 is 0 Å². The average molecular weight is 283 g/mol. The van der Waals surface area contributed by atoms with E-state index >= 15 is 0 Å². The van der Waals surface area contributed by atoms with E-state index in [0.717, 1.165) is 25.4 Å². The van der Waals surface area contributed by atoms with Crippen molar-refractivity contribution < 1.29 is 4.79 Å². The summed E-state index contributed by atoms with van der Waals surface area (Å²) in [5, 5.41) is 5.99. The molecule has 1 aliphatic rings. The first-order valence-electron chi connectivity index (χ1n) is 8.38. The summed E-state index contributed by atoms with van der Waals surface area (Å²) >= 11 is 0. The molecule has 0 aromatic carbocycles. The molecule has 0 radical (unpaired) electrons. The van der Waals surface area contributed by atoms with Crippen molar-refractivity contribution in [3.05, 3.63) is 0 Å². The van der Waals surface area contributed by atoms with E-state index in [1.165, 1.54) is 45.2 Å². The highest BCUT2D eigenvalue weighted by molar-refractivity contribution is 5.74. The lowest BCUT2D eigenvalue weighted by Gasteiger charge is -2.30. The molecular weight excluding hydrogens is 250 g/mol. The molecule has 1 saturated heterocycles. The van der Waals surface area contributed by atoms with Gasteiger partial charge < -0.3 is 15.5 Å². The van der Waals surface area contributed by atoms with Crippen molar-refractivity contribution in [2.75, 3.05) is 26.2 Å². The second-order valence-corrected chi connectivity index (χ2v) is 6.35. The first kappa shape index (κ1) is 17.3. The Kier molecular flexibility index (Phi) is 8.67. The number of piperidine rings is 1. The summed E-state index contributed by atoms with van der Waals surface area (Å²) in [5.74, 6) is 0.802. The Morgan fingerprint density at radius 2 is 2.20 bits per heavy atom. The summed E-state index contributed by atoms with van der Waals surface area (Å²) in [4.78, 5) is 14.2. The summed E-state index contributed by atoms with van der Waals surface area (Å²) in [6.07, 6.45) is 7.39. The molecule has 4 heteroatoms. The molecule has 0 bridgehead atoms. The molecule has 1 rings (SSSR count). The van der Waals surface area contributed by atoms with Gasteiger partial charge in [0, 0.05) is 25.7 Å². The molecule has 1 heterocycles. The number of urea groups is 1. The first-order chi connectivity index (χ1) is 9.61. The molecule has 0 aromatic rings. The van der Waals surface area contributed by atoms with E-state index in [0.29, 0.717) is 0 Å². The number of rotatable bonds is 8. The number of nitrogens with zero attached hydrogens (tertiary/aromatic N) is 1. The highest BCUT2D eigenvalue weighted by Crippen LogP contribution is 2.14. The van der Waals surface area contributed by atoms with Crippen molar-refractivity contribution in [1.82, 2.24) is 15.5 Å². The van der Waals surface area contributed by atoms with Gasteiger partial charge in [0.25, 0.3) is 0 Å². The summed E-state index contributed by atoms with van der Waals surface area (Å²) in [6.45, 7) is 10.7. The number of hydrogen-bond donors (Lipinski definition) is 2. The maximum absolute atomic E-state index is 11.8. The van der Waals surface area contributed by atoms with Gasteiger partial charge in [-0.15, -0.1) is 0 Å². The SMILES string of the molecule is CCCCCC(C)NC(=O)NCCN1CCCC(C)C1. The lowest BCUT2D eigenvalue weighted by molar-refractivity contribution is 0.183. The summed E-state index contributed by atoms with van der Waals surface area (Å²) in [6, 6.07) is 0.260. The van der Waals surface area contributed by atoms with Crippen molar-refractivity contribution in [2.45, 2.75) is 65.3 Å². The number of nitrogens with one attached hydrogen (secondary N) is 2. The van der Waals surface area contributed by atoms with Crippen molar-refractivity contribution in [3.8, 4) is 0 Å². The van der Waals surface area contributed by atoms with Crippen molar-refractivity contribution >= 4 is 6.03 Å². The smallest absolute Gasteiger partial charge is 0.315 e. The van der Waals surface area contributed by atoms with Crippen LogP contribution in [0.2, 0.25) is 0 Å². The third-order valence-corrected chi connectivity index (χ3v) is 4.07. The minimum atomic E-state index is -0.0148. The van der Waals surface area contributed by atoms with Gasteiger partial charge >= 0.3 is 6.03 Å². The van der Waals surface area contributed by atoms with Gasteiger partial charge in [-0.25, -0.2) is 4.79 Å².